The minimum absolute atomic E-state index is 0.0973. The Morgan fingerprint density at radius 2 is 1.71 bits per heavy atom. The number of hydrogen-bond acceptors (Lipinski definition) is 3. The van der Waals surface area contributed by atoms with Crippen molar-refractivity contribution in [1.29, 1.82) is 0 Å². The van der Waals surface area contributed by atoms with Gasteiger partial charge in [0.25, 0.3) is 0 Å². The average molecular weight is 421 g/mol. The maximum absolute atomic E-state index is 14.5. The first-order valence-electron chi connectivity index (χ1n) is 10.7. The molecule has 3 aromatic carbocycles. The number of fused-ring (bicyclic) bond motifs is 1. The molecular formula is C27H29FO3. The molecule has 0 saturated heterocycles. The highest BCUT2D eigenvalue weighted by Crippen LogP contribution is 2.50. The first-order chi connectivity index (χ1) is 14.8. The molecule has 0 radical (unpaired) electrons. The zero-order chi connectivity index (χ0) is 22.2. The number of hydrogen-bond donors (Lipinski definition) is 1. The van der Waals surface area contributed by atoms with Crippen LogP contribution in [0.15, 0.2) is 60.7 Å². The molecule has 1 N–H and O–H groups in total. The first-order valence-corrected chi connectivity index (χ1v) is 10.7. The summed E-state index contributed by atoms with van der Waals surface area (Å²) in [6, 6.07) is 19.3. The number of benzene rings is 3. The van der Waals surface area contributed by atoms with Gasteiger partial charge in [0.1, 0.15) is 17.1 Å². The van der Waals surface area contributed by atoms with E-state index in [2.05, 4.69) is 24.3 Å². The molecule has 0 amide bonds. The summed E-state index contributed by atoms with van der Waals surface area (Å²) >= 11 is 0. The van der Waals surface area contributed by atoms with Crippen molar-refractivity contribution in [3.8, 4) is 17.2 Å². The van der Waals surface area contributed by atoms with Crippen LogP contribution in [0.25, 0.3) is 0 Å². The van der Waals surface area contributed by atoms with Gasteiger partial charge in [-0.05, 0) is 74.4 Å². The van der Waals surface area contributed by atoms with Gasteiger partial charge in [0.15, 0.2) is 11.6 Å². The fourth-order valence-corrected chi connectivity index (χ4v) is 4.63. The molecule has 0 aliphatic heterocycles. The Bertz CT molecular complexity index is 1070. The third-order valence-corrected chi connectivity index (χ3v) is 5.86. The molecule has 1 aliphatic rings. The highest BCUT2D eigenvalue weighted by atomic mass is 19.1. The van der Waals surface area contributed by atoms with Crippen LogP contribution < -0.4 is 9.47 Å². The van der Waals surface area contributed by atoms with E-state index < -0.39 is 11.6 Å². The number of halogens is 1. The number of methoxy groups -OCH3 is 1. The monoisotopic (exact) mass is 420 g/mol. The SMILES string of the molecule is COc1cc(O)c(F)cc1[C@@H]1c2ccc(OC(C)(C)C)cc2CC[C@@H]1c1ccccc1. The van der Waals surface area contributed by atoms with Gasteiger partial charge in [-0.2, -0.15) is 0 Å². The predicted molar refractivity (Wildman–Crippen MR) is 121 cm³/mol. The Morgan fingerprint density at radius 1 is 0.968 bits per heavy atom. The lowest BCUT2D eigenvalue weighted by Gasteiger charge is -2.36. The number of aryl methyl sites for hydroxylation is 1. The Morgan fingerprint density at radius 3 is 2.39 bits per heavy atom. The minimum atomic E-state index is -0.637. The van der Waals surface area contributed by atoms with Crippen LogP contribution in [0.4, 0.5) is 4.39 Å². The number of ether oxygens (including phenoxy) is 2. The Labute approximate surface area is 183 Å². The number of rotatable bonds is 4. The molecule has 4 rings (SSSR count). The van der Waals surface area contributed by atoms with E-state index in [-0.39, 0.29) is 17.4 Å². The number of phenols is 1. The van der Waals surface area contributed by atoms with Gasteiger partial charge in [0.2, 0.25) is 0 Å². The van der Waals surface area contributed by atoms with Crippen molar-refractivity contribution in [1.82, 2.24) is 0 Å². The molecule has 0 saturated carbocycles. The van der Waals surface area contributed by atoms with Gasteiger partial charge in [-0.1, -0.05) is 36.4 Å². The molecule has 0 bridgehead atoms. The molecule has 3 nitrogen and oxygen atoms in total. The Balaban J connectivity index is 1.87. The van der Waals surface area contributed by atoms with Crippen molar-refractivity contribution < 1.29 is 19.0 Å². The highest BCUT2D eigenvalue weighted by Gasteiger charge is 2.34. The van der Waals surface area contributed by atoms with Gasteiger partial charge < -0.3 is 14.6 Å². The lowest BCUT2D eigenvalue weighted by Crippen LogP contribution is -2.24. The molecule has 0 unspecified atom stereocenters. The smallest absolute Gasteiger partial charge is 0.165 e. The lowest BCUT2D eigenvalue weighted by atomic mass is 9.69. The van der Waals surface area contributed by atoms with Crippen LogP contribution in [-0.2, 0) is 6.42 Å². The average Bonchev–Trinajstić information content (AvgIpc) is 2.74. The van der Waals surface area contributed by atoms with Crippen molar-refractivity contribution in [2.75, 3.05) is 7.11 Å². The quantitative estimate of drug-likeness (QED) is 0.518. The molecule has 0 fully saturated rings. The summed E-state index contributed by atoms with van der Waals surface area (Å²) in [6.07, 6.45) is 1.84. The van der Waals surface area contributed by atoms with Crippen LogP contribution in [0.5, 0.6) is 17.2 Å². The second-order valence-corrected chi connectivity index (χ2v) is 9.15. The van der Waals surface area contributed by atoms with E-state index in [0.29, 0.717) is 5.75 Å². The van der Waals surface area contributed by atoms with Crippen molar-refractivity contribution in [2.45, 2.75) is 51.0 Å². The van der Waals surface area contributed by atoms with Crippen molar-refractivity contribution in [2.24, 2.45) is 0 Å². The van der Waals surface area contributed by atoms with Crippen LogP contribution in [0.1, 0.15) is 61.3 Å². The van der Waals surface area contributed by atoms with E-state index >= 15 is 0 Å². The van der Waals surface area contributed by atoms with E-state index in [4.69, 9.17) is 9.47 Å². The summed E-state index contributed by atoms with van der Waals surface area (Å²) < 4.78 is 26.1. The van der Waals surface area contributed by atoms with Crippen LogP contribution in [0, 0.1) is 5.82 Å². The maximum Gasteiger partial charge on any atom is 0.165 e. The third-order valence-electron chi connectivity index (χ3n) is 5.86. The Hall–Kier alpha value is -3.01. The number of aromatic hydroxyl groups is 1. The topological polar surface area (TPSA) is 38.7 Å². The molecule has 162 valence electrons. The third kappa shape index (κ3) is 4.39. The zero-order valence-electron chi connectivity index (χ0n) is 18.5. The predicted octanol–water partition coefficient (Wildman–Crippen LogP) is 6.58. The fraction of sp³-hybridized carbons (Fsp3) is 0.333. The molecule has 3 aromatic rings. The molecule has 0 aromatic heterocycles. The van der Waals surface area contributed by atoms with E-state index in [1.807, 2.05) is 45.0 Å². The Kier molecular flexibility index (Phi) is 5.65. The van der Waals surface area contributed by atoms with E-state index in [1.54, 1.807) is 7.11 Å². The van der Waals surface area contributed by atoms with Crippen LogP contribution >= 0.6 is 0 Å². The van der Waals surface area contributed by atoms with E-state index in [9.17, 15) is 9.50 Å². The van der Waals surface area contributed by atoms with Gasteiger partial charge in [-0.3, -0.25) is 0 Å². The van der Waals surface area contributed by atoms with Gasteiger partial charge in [-0.25, -0.2) is 4.39 Å². The van der Waals surface area contributed by atoms with Gasteiger partial charge in [-0.15, -0.1) is 0 Å². The molecular weight excluding hydrogens is 391 g/mol. The van der Waals surface area contributed by atoms with Crippen molar-refractivity contribution in [3.05, 3.63) is 88.7 Å². The summed E-state index contributed by atoms with van der Waals surface area (Å²) in [7, 11) is 1.55. The summed E-state index contributed by atoms with van der Waals surface area (Å²) in [5.74, 6) is 0.366. The molecule has 0 heterocycles. The normalized spacial score (nSPS) is 18.4. The van der Waals surface area contributed by atoms with Crippen LogP contribution in [0.3, 0.4) is 0 Å². The largest absolute Gasteiger partial charge is 0.505 e. The second-order valence-electron chi connectivity index (χ2n) is 9.15. The van der Waals surface area contributed by atoms with Gasteiger partial charge >= 0.3 is 0 Å². The second kappa shape index (κ2) is 8.26. The molecule has 0 spiro atoms. The fourth-order valence-electron chi connectivity index (χ4n) is 4.63. The zero-order valence-corrected chi connectivity index (χ0v) is 18.5. The summed E-state index contributed by atoms with van der Waals surface area (Å²) in [4.78, 5) is 0. The van der Waals surface area contributed by atoms with Gasteiger partial charge in [0, 0.05) is 17.5 Å². The lowest BCUT2D eigenvalue weighted by molar-refractivity contribution is 0.130. The summed E-state index contributed by atoms with van der Waals surface area (Å²) in [6.45, 7) is 6.10. The summed E-state index contributed by atoms with van der Waals surface area (Å²) in [5.41, 5.74) is 4.03. The molecule has 2 atom stereocenters. The van der Waals surface area contributed by atoms with Crippen LogP contribution in [-0.4, -0.2) is 17.8 Å². The highest BCUT2D eigenvalue weighted by molar-refractivity contribution is 5.53. The summed E-state index contributed by atoms with van der Waals surface area (Å²) in [5, 5.41) is 9.91. The standard InChI is InChI=1S/C27H29FO3/c1-27(2,3)31-19-11-13-21-18(14-19)10-12-20(17-8-6-5-7-9-17)26(21)22-15-23(28)24(29)16-25(22)30-4/h5-9,11,13-16,20,26,29H,10,12H2,1-4H3/t20-,26+/m1/s1. The molecule has 4 heteroatoms. The number of phenolic OH excluding ortho intramolecular Hbond substituents is 1. The van der Waals surface area contributed by atoms with Crippen LogP contribution in [0.2, 0.25) is 0 Å². The minimum Gasteiger partial charge on any atom is -0.505 e. The van der Waals surface area contributed by atoms with Crippen molar-refractivity contribution in [3.63, 3.8) is 0 Å². The van der Waals surface area contributed by atoms with E-state index in [1.165, 1.54) is 23.3 Å². The molecule has 31 heavy (non-hydrogen) atoms. The first kappa shape index (κ1) is 21.2. The van der Waals surface area contributed by atoms with Gasteiger partial charge in [0.05, 0.1) is 7.11 Å². The maximum atomic E-state index is 14.5. The van der Waals surface area contributed by atoms with E-state index in [0.717, 1.165) is 29.7 Å². The van der Waals surface area contributed by atoms with Crippen molar-refractivity contribution >= 4 is 0 Å². The molecule has 1 aliphatic carbocycles.